The predicted molar refractivity (Wildman–Crippen MR) is 66.5 cm³/mol. The highest BCUT2D eigenvalue weighted by Crippen LogP contribution is 2.00. The molecule has 0 aliphatic carbocycles. The van der Waals surface area contributed by atoms with Crippen LogP contribution in [0.1, 0.15) is 26.7 Å². The van der Waals surface area contributed by atoms with E-state index in [1.807, 2.05) is 13.8 Å². The molecule has 0 aromatic rings. The van der Waals surface area contributed by atoms with Crippen molar-refractivity contribution in [1.82, 2.24) is 0 Å². The van der Waals surface area contributed by atoms with Crippen LogP contribution >= 0.6 is 0 Å². The molecule has 0 fully saturated rings. The normalized spacial score (nSPS) is 12.4. The molecule has 0 radical (unpaired) electrons. The number of rotatable bonds is 10. The lowest BCUT2D eigenvalue weighted by atomic mass is 10.2. The molecule has 3 heteroatoms. The molecule has 0 spiro atoms. The molecule has 0 heterocycles. The van der Waals surface area contributed by atoms with Gasteiger partial charge >= 0.3 is 0 Å². The fraction of sp³-hybridized carbons (Fsp3) is 0.692. The summed E-state index contributed by atoms with van der Waals surface area (Å²) in [7, 11) is 0. The fourth-order valence-corrected chi connectivity index (χ4v) is 1.12. The molecule has 1 unspecified atom stereocenters. The highest BCUT2D eigenvalue weighted by Gasteiger charge is 2.03. The second-order valence-electron chi connectivity index (χ2n) is 4.28. The predicted octanol–water partition coefficient (Wildman–Crippen LogP) is 2.31. The molecule has 1 N–H and O–H groups in total. The monoisotopic (exact) mass is 228 g/mol. The molecule has 0 aliphatic rings. The lowest BCUT2D eigenvalue weighted by Gasteiger charge is -2.11. The number of aliphatic hydroxyl groups excluding tert-OH is 1. The maximum atomic E-state index is 9.54. The van der Waals surface area contributed by atoms with Crippen molar-refractivity contribution >= 4 is 0 Å². The van der Waals surface area contributed by atoms with Crippen molar-refractivity contribution in [1.29, 1.82) is 0 Å². The average molecular weight is 228 g/mol. The van der Waals surface area contributed by atoms with Crippen molar-refractivity contribution in [2.75, 3.05) is 26.4 Å². The highest BCUT2D eigenvalue weighted by molar-refractivity contribution is 4.87. The van der Waals surface area contributed by atoms with Crippen LogP contribution in [0.4, 0.5) is 0 Å². The van der Waals surface area contributed by atoms with Gasteiger partial charge in [-0.2, -0.15) is 0 Å². The zero-order valence-corrected chi connectivity index (χ0v) is 10.5. The molecule has 3 nitrogen and oxygen atoms in total. The van der Waals surface area contributed by atoms with E-state index in [0.29, 0.717) is 32.8 Å². The van der Waals surface area contributed by atoms with Gasteiger partial charge in [0.25, 0.3) is 0 Å². The molecule has 0 aromatic carbocycles. The Morgan fingerprint density at radius 3 is 2.25 bits per heavy atom. The Morgan fingerprint density at radius 2 is 1.69 bits per heavy atom. The van der Waals surface area contributed by atoms with Crippen molar-refractivity contribution in [3.05, 3.63) is 24.3 Å². The molecule has 0 bridgehead atoms. The van der Waals surface area contributed by atoms with Gasteiger partial charge in [0.15, 0.2) is 0 Å². The minimum absolute atomic E-state index is 0.368. The SMILES string of the molecule is C=C(C)COCCCC(O)COCC(=C)C. The molecule has 0 saturated heterocycles. The summed E-state index contributed by atoms with van der Waals surface area (Å²) in [5, 5.41) is 9.54. The van der Waals surface area contributed by atoms with E-state index in [0.717, 1.165) is 17.6 Å². The van der Waals surface area contributed by atoms with Gasteiger partial charge in [-0.05, 0) is 26.7 Å². The summed E-state index contributed by atoms with van der Waals surface area (Å²) in [5.74, 6) is 0. The summed E-state index contributed by atoms with van der Waals surface area (Å²) in [6.45, 7) is 13.4. The van der Waals surface area contributed by atoms with Crippen molar-refractivity contribution in [2.24, 2.45) is 0 Å². The molecule has 1 atom stereocenters. The molecular formula is C13H24O3. The second-order valence-corrected chi connectivity index (χ2v) is 4.28. The molecule has 94 valence electrons. The molecule has 0 saturated carbocycles. The van der Waals surface area contributed by atoms with E-state index in [1.54, 1.807) is 0 Å². The number of ether oxygens (including phenoxy) is 2. The van der Waals surface area contributed by atoms with E-state index in [-0.39, 0.29) is 0 Å². The highest BCUT2D eigenvalue weighted by atomic mass is 16.5. The van der Waals surface area contributed by atoms with Crippen LogP contribution in [0.3, 0.4) is 0 Å². The summed E-state index contributed by atoms with van der Waals surface area (Å²) >= 11 is 0. The third-order valence-corrected chi connectivity index (χ3v) is 1.83. The van der Waals surface area contributed by atoms with Gasteiger partial charge in [-0.3, -0.25) is 0 Å². The Bertz CT molecular complexity index is 211. The van der Waals surface area contributed by atoms with Gasteiger partial charge in [-0.25, -0.2) is 0 Å². The summed E-state index contributed by atoms with van der Waals surface area (Å²) in [4.78, 5) is 0. The van der Waals surface area contributed by atoms with Crippen LogP contribution in [-0.2, 0) is 9.47 Å². The minimum atomic E-state index is -0.409. The van der Waals surface area contributed by atoms with Gasteiger partial charge in [0.2, 0.25) is 0 Å². The first kappa shape index (κ1) is 15.4. The van der Waals surface area contributed by atoms with Gasteiger partial charge in [-0.1, -0.05) is 24.3 Å². The van der Waals surface area contributed by atoms with Gasteiger partial charge in [0.1, 0.15) is 0 Å². The standard InChI is InChI=1S/C13H24O3/c1-11(2)8-15-7-5-6-13(14)10-16-9-12(3)4/h13-14H,1,3,5-10H2,2,4H3. The van der Waals surface area contributed by atoms with E-state index in [4.69, 9.17) is 9.47 Å². The van der Waals surface area contributed by atoms with Crippen LogP contribution in [-0.4, -0.2) is 37.6 Å². The third-order valence-electron chi connectivity index (χ3n) is 1.83. The topological polar surface area (TPSA) is 38.7 Å². The van der Waals surface area contributed by atoms with Crippen LogP contribution in [0.15, 0.2) is 24.3 Å². The second kappa shape index (κ2) is 9.58. The van der Waals surface area contributed by atoms with Crippen molar-refractivity contribution in [3.8, 4) is 0 Å². The lowest BCUT2D eigenvalue weighted by molar-refractivity contribution is 0.0353. The molecule has 0 aromatic heterocycles. The molecule has 0 rings (SSSR count). The maximum Gasteiger partial charge on any atom is 0.0774 e. The molecule has 0 aliphatic heterocycles. The molecular weight excluding hydrogens is 204 g/mol. The van der Waals surface area contributed by atoms with E-state index < -0.39 is 6.10 Å². The first-order chi connectivity index (χ1) is 7.52. The van der Waals surface area contributed by atoms with Gasteiger partial charge in [0.05, 0.1) is 25.9 Å². The van der Waals surface area contributed by atoms with Crippen molar-refractivity contribution < 1.29 is 14.6 Å². The van der Waals surface area contributed by atoms with Crippen molar-refractivity contribution in [2.45, 2.75) is 32.8 Å². The lowest BCUT2D eigenvalue weighted by Crippen LogP contribution is -2.16. The summed E-state index contributed by atoms with van der Waals surface area (Å²) in [6, 6.07) is 0. The van der Waals surface area contributed by atoms with Crippen LogP contribution in [0.5, 0.6) is 0 Å². The fourth-order valence-electron chi connectivity index (χ4n) is 1.12. The summed E-state index contributed by atoms with van der Waals surface area (Å²) < 4.78 is 10.6. The van der Waals surface area contributed by atoms with Gasteiger partial charge < -0.3 is 14.6 Å². The van der Waals surface area contributed by atoms with Gasteiger partial charge in [0, 0.05) is 6.61 Å². The third kappa shape index (κ3) is 11.4. The van der Waals surface area contributed by atoms with Crippen LogP contribution < -0.4 is 0 Å². The largest absolute Gasteiger partial charge is 0.391 e. The van der Waals surface area contributed by atoms with Crippen LogP contribution in [0.25, 0.3) is 0 Å². The average Bonchev–Trinajstić information content (AvgIpc) is 2.16. The minimum Gasteiger partial charge on any atom is -0.391 e. The Morgan fingerprint density at radius 1 is 1.12 bits per heavy atom. The van der Waals surface area contributed by atoms with Crippen molar-refractivity contribution in [3.63, 3.8) is 0 Å². The number of aliphatic hydroxyl groups is 1. The Labute approximate surface area is 98.8 Å². The number of hydrogen-bond acceptors (Lipinski definition) is 3. The van der Waals surface area contributed by atoms with E-state index in [2.05, 4.69) is 13.2 Å². The maximum absolute atomic E-state index is 9.54. The van der Waals surface area contributed by atoms with E-state index in [1.165, 1.54) is 0 Å². The zero-order chi connectivity index (χ0) is 12.4. The Kier molecular flexibility index (Phi) is 9.19. The molecule has 16 heavy (non-hydrogen) atoms. The first-order valence-corrected chi connectivity index (χ1v) is 5.64. The summed E-state index contributed by atoms with van der Waals surface area (Å²) in [6.07, 6.45) is 1.13. The van der Waals surface area contributed by atoms with Gasteiger partial charge in [-0.15, -0.1) is 0 Å². The van der Waals surface area contributed by atoms with E-state index in [9.17, 15) is 5.11 Å². The zero-order valence-electron chi connectivity index (χ0n) is 10.5. The smallest absolute Gasteiger partial charge is 0.0774 e. The molecule has 0 amide bonds. The first-order valence-electron chi connectivity index (χ1n) is 5.64. The summed E-state index contributed by atoms with van der Waals surface area (Å²) in [5.41, 5.74) is 1.99. The Balaban J connectivity index is 3.26. The van der Waals surface area contributed by atoms with Crippen LogP contribution in [0.2, 0.25) is 0 Å². The van der Waals surface area contributed by atoms with Crippen LogP contribution in [0, 0.1) is 0 Å². The van der Waals surface area contributed by atoms with E-state index >= 15 is 0 Å². The quantitative estimate of drug-likeness (QED) is 0.460. The Hall–Kier alpha value is -0.640. The number of hydrogen-bond donors (Lipinski definition) is 1.